The summed E-state index contributed by atoms with van der Waals surface area (Å²) in [5.41, 5.74) is 2.36. The molecule has 1 unspecified atom stereocenters. The smallest absolute Gasteiger partial charge is 0.123 e. The predicted molar refractivity (Wildman–Crippen MR) is 90.5 cm³/mol. The maximum atomic E-state index is 13.2. The van der Waals surface area contributed by atoms with Crippen molar-refractivity contribution < 1.29 is 4.39 Å². The third kappa shape index (κ3) is 4.60. The van der Waals surface area contributed by atoms with Gasteiger partial charge in [0.05, 0.1) is 0 Å². The first-order valence-electron chi connectivity index (χ1n) is 8.26. The van der Waals surface area contributed by atoms with E-state index in [0.717, 1.165) is 38.2 Å². The van der Waals surface area contributed by atoms with Gasteiger partial charge >= 0.3 is 0 Å². The molecule has 1 atom stereocenters. The summed E-state index contributed by atoms with van der Waals surface area (Å²) in [5, 5.41) is 3.42. The highest BCUT2D eigenvalue weighted by Gasteiger charge is 2.17. The zero-order valence-corrected chi connectivity index (χ0v) is 13.3. The molecule has 121 valence electrons. The van der Waals surface area contributed by atoms with Crippen molar-refractivity contribution in [2.45, 2.75) is 18.8 Å². The Morgan fingerprint density at radius 1 is 1.04 bits per heavy atom. The molecule has 0 bridgehead atoms. The Kier molecular flexibility index (Phi) is 5.72. The molecule has 1 saturated heterocycles. The molecular formula is C19H23FN3. The summed E-state index contributed by atoms with van der Waals surface area (Å²) in [6.07, 6.45) is 5.73. The molecule has 0 spiro atoms. The van der Waals surface area contributed by atoms with Gasteiger partial charge in [-0.15, -0.1) is 0 Å². The number of nitrogens with one attached hydrogen (secondary N) is 1. The van der Waals surface area contributed by atoms with Crippen LogP contribution in [0.4, 0.5) is 4.39 Å². The van der Waals surface area contributed by atoms with Crippen LogP contribution in [0.2, 0.25) is 0 Å². The summed E-state index contributed by atoms with van der Waals surface area (Å²) in [4.78, 5) is 6.51. The Labute approximate surface area is 137 Å². The van der Waals surface area contributed by atoms with Gasteiger partial charge in [-0.2, -0.15) is 0 Å². The van der Waals surface area contributed by atoms with Gasteiger partial charge in [0.15, 0.2) is 0 Å². The number of halogens is 1. The minimum absolute atomic E-state index is 0.190. The predicted octanol–water partition coefficient (Wildman–Crippen LogP) is 3.20. The van der Waals surface area contributed by atoms with Gasteiger partial charge in [0.25, 0.3) is 0 Å². The largest absolute Gasteiger partial charge is 0.315 e. The average molecular weight is 312 g/mol. The van der Waals surface area contributed by atoms with Crippen LogP contribution in [0.3, 0.4) is 0 Å². The van der Waals surface area contributed by atoms with Crippen molar-refractivity contribution in [2.24, 2.45) is 0 Å². The number of rotatable bonds is 5. The fourth-order valence-corrected chi connectivity index (χ4v) is 3.06. The topological polar surface area (TPSA) is 28.2 Å². The maximum Gasteiger partial charge on any atom is 0.123 e. The Hall–Kier alpha value is -1.78. The van der Waals surface area contributed by atoms with Crippen molar-refractivity contribution in [1.29, 1.82) is 0 Å². The minimum atomic E-state index is -0.190. The summed E-state index contributed by atoms with van der Waals surface area (Å²) in [6.45, 7) is 6.58. The van der Waals surface area contributed by atoms with E-state index >= 15 is 0 Å². The third-order valence-electron chi connectivity index (χ3n) is 4.35. The normalized spacial score (nSPS) is 17.6. The van der Waals surface area contributed by atoms with Gasteiger partial charge in [-0.05, 0) is 61.3 Å². The van der Waals surface area contributed by atoms with E-state index in [4.69, 9.17) is 0 Å². The van der Waals surface area contributed by atoms with Crippen LogP contribution in [0, 0.1) is 12.4 Å². The standard InChI is InChI=1S/C19H23FN3/c20-18-4-2-16(3-5-18)19(17-6-10-22-11-7-17)8-14-23-13-1-9-21-12-15-23/h2-7,10-11,14,19,21H,1,8-9,12-13,15H2. The van der Waals surface area contributed by atoms with E-state index < -0.39 is 0 Å². The molecule has 23 heavy (non-hydrogen) atoms. The van der Waals surface area contributed by atoms with Crippen LogP contribution in [0.1, 0.15) is 29.9 Å². The zero-order chi connectivity index (χ0) is 15.9. The summed E-state index contributed by atoms with van der Waals surface area (Å²) in [7, 11) is 0. The van der Waals surface area contributed by atoms with Gasteiger partial charge in [0.2, 0.25) is 0 Å². The van der Waals surface area contributed by atoms with Crippen molar-refractivity contribution in [3.63, 3.8) is 0 Å². The molecule has 0 aliphatic carbocycles. The molecule has 2 aromatic rings. The molecular weight excluding hydrogens is 289 g/mol. The van der Waals surface area contributed by atoms with E-state index in [1.807, 2.05) is 36.7 Å². The average Bonchev–Trinajstić information content (AvgIpc) is 2.86. The molecule has 1 aromatic carbocycles. The fourth-order valence-electron chi connectivity index (χ4n) is 3.06. The maximum absolute atomic E-state index is 13.2. The molecule has 0 saturated carbocycles. The molecule has 1 aliphatic rings. The van der Waals surface area contributed by atoms with Gasteiger partial charge in [-0.25, -0.2) is 4.39 Å². The number of hydrogen-bond acceptors (Lipinski definition) is 3. The van der Waals surface area contributed by atoms with Crippen LogP contribution in [-0.4, -0.2) is 36.1 Å². The van der Waals surface area contributed by atoms with E-state index in [1.54, 1.807) is 12.1 Å². The number of hydrogen-bond donors (Lipinski definition) is 1. The molecule has 1 radical (unpaired) electrons. The highest BCUT2D eigenvalue weighted by molar-refractivity contribution is 5.31. The molecule has 1 aliphatic heterocycles. The first kappa shape index (κ1) is 16.1. The Balaban J connectivity index is 1.74. The number of benzene rings is 1. The SMILES string of the molecule is Fc1ccc(C(C[CH]N2CCCNCC2)c2ccncc2)cc1. The van der Waals surface area contributed by atoms with Crippen molar-refractivity contribution in [3.8, 4) is 0 Å². The summed E-state index contributed by atoms with van der Waals surface area (Å²) in [5.74, 6) is 0.0413. The highest BCUT2D eigenvalue weighted by Crippen LogP contribution is 2.29. The van der Waals surface area contributed by atoms with E-state index in [0.29, 0.717) is 0 Å². The molecule has 3 rings (SSSR count). The van der Waals surface area contributed by atoms with Crippen LogP contribution >= 0.6 is 0 Å². The van der Waals surface area contributed by atoms with E-state index in [-0.39, 0.29) is 11.7 Å². The molecule has 3 nitrogen and oxygen atoms in total. The summed E-state index contributed by atoms with van der Waals surface area (Å²) in [6, 6.07) is 11.0. The highest BCUT2D eigenvalue weighted by atomic mass is 19.1. The lowest BCUT2D eigenvalue weighted by molar-refractivity contribution is 0.341. The summed E-state index contributed by atoms with van der Waals surface area (Å²) >= 11 is 0. The second-order valence-corrected chi connectivity index (χ2v) is 5.94. The van der Waals surface area contributed by atoms with Crippen molar-refractivity contribution in [2.75, 3.05) is 26.2 Å². The molecule has 1 aromatic heterocycles. The molecule has 2 heterocycles. The lowest BCUT2D eigenvalue weighted by Crippen LogP contribution is -2.26. The Morgan fingerprint density at radius 2 is 1.78 bits per heavy atom. The van der Waals surface area contributed by atoms with Crippen LogP contribution in [0.5, 0.6) is 0 Å². The molecule has 1 fully saturated rings. The molecule has 0 amide bonds. The van der Waals surface area contributed by atoms with Gasteiger partial charge in [-0.3, -0.25) is 9.88 Å². The van der Waals surface area contributed by atoms with Gasteiger partial charge in [-0.1, -0.05) is 12.1 Å². The second-order valence-electron chi connectivity index (χ2n) is 5.94. The Morgan fingerprint density at radius 3 is 2.57 bits per heavy atom. The Bertz CT molecular complexity index is 577. The van der Waals surface area contributed by atoms with Crippen LogP contribution in [0.25, 0.3) is 0 Å². The summed E-state index contributed by atoms with van der Waals surface area (Å²) < 4.78 is 13.2. The van der Waals surface area contributed by atoms with Gasteiger partial charge < -0.3 is 5.32 Å². The minimum Gasteiger partial charge on any atom is -0.315 e. The quantitative estimate of drug-likeness (QED) is 0.919. The van der Waals surface area contributed by atoms with Crippen LogP contribution in [0.15, 0.2) is 48.8 Å². The third-order valence-corrected chi connectivity index (χ3v) is 4.35. The van der Waals surface area contributed by atoms with Crippen molar-refractivity contribution in [1.82, 2.24) is 15.2 Å². The molecule has 1 N–H and O–H groups in total. The van der Waals surface area contributed by atoms with E-state index in [2.05, 4.69) is 21.7 Å². The number of pyridine rings is 1. The van der Waals surface area contributed by atoms with E-state index in [9.17, 15) is 4.39 Å². The number of aromatic nitrogens is 1. The first-order chi connectivity index (χ1) is 11.3. The van der Waals surface area contributed by atoms with E-state index in [1.165, 1.54) is 12.0 Å². The fraction of sp³-hybridized carbons (Fsp3) is 0.368. The lowest BCUT2D eigenvalue weighted by atomic mass is 9.89. The van der Waals surface area contributed by atoms with Gasteiger partial charge in [0, 0.05) is 37.9 Å². The molecule has 4 heteroatoms. The lowest BCUT2D eigenvalue weighted by Gasteiger charge is -2.23. The zero-order valence-electron chi connectivity index (χ0n) is 13.3. The van der Waals surface area contributed by atoms with Crippen molar-refractivity contribution in [3.05, 3.63) is 72.3 Å². The second kappa shape index (κ2) is 8.18. The van der Waals surface area contributed by atoms with Crippen molar-refractivity contribution >= 4 is 0 Å². The van der Waals surface area contributed by atoms with Crippen LogP contribution in [-0.2, 0) is 0 Å². The van der Waals surface area contributed by atoms with Crippen LogP contribution < -0.4 is 5.32 Å². The van der Waals surface area contributed by atoms with Gasteiger partial charge in [0.1, 0.15) is 5.82 Å². The number of nitrogens with zero attached hydrogens (tertiary/aromatic N) is 2. The first-order valence-corrected chi connectivity index (χ1v) is 8.26. The monoisotopic (exact) mass is 312 g/mol.